The van der Waals surface area contributed by atoms with Gasteiger partial charge in [0.15, 0.2) is 11.5 Å². The van der Waals surface area contributed by atoms with Crippen LogP contribution in [0.5, 0.6) is 11.5 Å². The number of ether oxygens (including phenoxy) is 1. The molecule has 1 aromatic rings. The van der Waals surface area contributed by atoms with Crippen LogP contribution >= 0.6 is 15.9 Å². The molecule has 0 unspecified atom stereocenters. The normalized spacial score (nSPS) is 11.5. The largest absolute Gasteiger partial charge is 0.504 e. The Hall–Kier alpha value is -0.740. The highest BCUT2D eigenvalue weighted by atomic mass is 79.9. The number of hydrogen-bond acceptors (Lipinski definition) is 3. The number of phenolic OH excluding ortho intramolecular Hbond substituents is 1. The van der Waals surface area contributed by atoms with Crippen LogP contribution in [0.2, 0.25) is 0 Å². The second-order valence-corrected chi connectivity index (χ2v) is 5.20. The maximum absolute atomic E-state index is 9.88. The minimum Gasteiger partial charge on any atom is -0.504 e. The third kappa shape index (κ3) is 3.39. The molecular formula is C11H16BrNO2. The molecule has 0 saturated carbocycles. The van der Waals surface area contributed by atoms with Gasteiger partial charge in [0, 0.05) is 15.6 Å². The van der Waals surface area contributed by atoms with E-state index < -0.39 is 0 Å². The van der Waals surface area contributed by atoms with Gasteiger partial charge in [-0.05, 0) is 32.4 Å². The van der Waals surface area contributed by atoms with Gasteiger partial charge in [0.25, 0.3) is 0 Å². The molecule has 0 amide bonds. The Bertz CT molecular complexity index is 358. The minimum absolute atomic E-state index is 0.166. The van der Waals surface area contributed by atoms with Gasteiger partial charge in [-0.15, -0.1) is 0 Å². The molecule has 0 aliphatic heterocycles. The molecule has 0 heterocycles. The molecule has 3 N–H and O–H groups in total. The molecule has 15 heavy (non-hydrogen) atoms. The van der Waals surface area contributed by atoms with Gasteiger partial charge in [-0.25, -0.2) is 0 Å². The van der Waals surface area contributed by atoms with Gasteiger partial charge in [-0.2, -0.15) is 0 Å². The van der Waals surface area contributed by atoms with E-state index in [1.54, 1.807) is 6.07 Å². The monoisotopic (exact) mass is 273 g/mol. The number of nitrogens with two attached hydrogens (primary N) is 1. The van der Waals surface area contributed by atoms with Gasteiger partial charge >= 0.3 is 0 Å². The molecule has 0 atom stereocenters. The van der Waals surface area contributed by atoms with Crippen molar-refractivity contribution in [2.24, 2.45) is 5.73 Å². The van der Waals surface area contributed by atoms with Crippen LogP contribution in [-0.2, 0) is 6.42 Å². The molecule has 0 aliphatic rings. The zero-order valence-electron chi connectivity index (χ0n) is 9.17. The zero-order chi connectivity index (χ0) is 11.6. The van der Waals surface area contributed by atoms with E-state index >= 15 is 0 Å². The number of hydrogen-bond donors (Lipinski definition) is 2. The second-order valence-electron chi connectivity index (χ2n) is 4.28. The number of methoxy groups -OCH3 is 1. The molecule has 0 bridgehead atoms. The van der Waals surface area contributed by atoms with E-state index in [4.69, 9.17) is 10.5 Å². The zero-order valence-corrected chi connectivity index (χ0v) is 10.8. The summed E-state index contributed by atoms with van der Waals surface area (Å²) in [6, 6.07) is 3.58. The summed E-state index contributed by atoms with van der Waals surface area (Å²) in [5.41, 5.74) is 6.34. The summed E-state index contributed by atoms with van der Waals surface area (Å²) in [6.07, 6.45) is 0.592. The summed E-state index contributed by atoms with van der Waals surface area (Å²) in [6.45, 7) is 3.83. The first kappa shape index (κ1) is 12.3. The highest BCUT2D eigenvalue weighted by Crippen LogP contribution is 2.34. The van der Waals surface area contributed by atoms with Crippen molar-refractivity contribution in [3.05, 3.63) is 22.2 Å². The van der Waals surface area contributed by atoms with Crippen LogP contribution in [0.1, 0.15) is 19.4 Å². The predicted octanol–water partition coefficient (Wildman–Crippen LogP) is 2.44. The third-order valence-corrected chi connectivity index (χ3v) is 2.44. The molecule has 0 aromatic heterocycles. The molecule has 0 saturated heterocycles. The first-order chi connectivity index (χ1) is 6.83. The van der Waals surface area contributed by atoms with Crippen LogP contribution in [0.15, 0.2) is 16.6 Å². The van der Waals surface area contributed by atoms with E-state index in [1.807, 2.05) is 19.9 Å². The summed E-state index contributed by atoms with van der Waals surface area (Å²) in [4.78, 5) is 0. The molecule has 1 rings (SSSR count). The molecule has 1 aromatic carbocycles. The van der Waals surface area contributed by atoms with E-state index in [0.29, 0.717) is 12.2 Å². The Labute approximate surface area is 98.4 Å². The van der Waals surface area contributed by atoms with Crippen molar-refractivity contribution >= 4 is 15.9 Å². The Morgan fingerprint density at radius 1 is 1.47 bits per heavy atom. The first-order valence-electron chi connectivity index (χ1n) is 4.68. The van der Waals surface area contributed by atoms with Gasteiger partial charge < -0.3 is 15.6 Å². The van der Waals surface area contributed by atoms with Crippen molar-refractivity contribution in [1.82, 2.24) is 0 Å². The van der Waals surface area contributed by atoms with Crippen molar-refractivity contribution < 1.29 is 9.84 Å². The van der Waals surface area contributed by atoms with E-state index in [-0.39, 0.29) is 11.3 Å². The van der Waals surface area contributed by atoms with Crippen molar-refractivity contribution in [3.63, 3.8) is 0 Å². The quantitative estimate of drug-likeness (QED) is 0.890. The number of rotatable bonds is 3. The van der Waals surface area contributed by atoms with Gasteiger partial charge in [-0.3, -0.25) is 0 Å². The van der Waals surface area contributed by atoms with Crippen LogP contribution in [0.3, 0.4) is 0 Å². The number of aromatic hydroxyl groups is 1. The van der Waals surface area contributed by atoms with Crippen molar-refractivity contribution in [3.8, 4) is 11.5 Å². The predicted molar refractivity (Wildman–Crippen MR) is 64.3 cm³/mol. The molecule has 0 spiro atoms. The van der Waals surface area contributed by atoms with Crippen LogP contribution in [0.4, 0.5) is 0 Å². The average molecular weight is 274 g/mol. The van der Waals surface area contributed by atoms with Gasteiger partial charge in [0.1, 0.15) is 0 Å². The Morgan fingerprint density at radius 3 is 2.53 bits per heavy atom. The number of benzene rings is 1. The highest BCUT2D eigenvalue weighted by molar-refractivity contribution is 9.10. The van der Waals surface area contributed by atoms with Crippen LogP contribution in [0, 0.1) is 0 Å². The van der Waals surface area contributed by atoms with E-state index in [1.165, 1.54) is 7.11 Å². The Balaban J connectivity index is 3.12. The lowest BCUT2D eigenvalue weighted by Gasteiger charge is -2.20. The Kier molecular flexibility index (Phi) is 3.62. The van der Waals surface area contributed by atoms with Gasteiger partial charge in [0.05, 0.1) is 7.11 Å². The van der Waals surface area contributed by atoms with Crippen molar-refractivity contribution in [2.75, 3.05) is 7.11 Å². The summed E-state index contributed by atoms with van der Waals surface area (Å²) >= 11 is 3.36. The third-order valence-electron chi connectivity index (χ3n) is 1.98. The lowest BCUT2D eigenvalue weighted by Crippen LogP contribution is -2.34. The van der Waals surface area contributed by atoms with Crippen molar-refractivity contribution in [2.45, 2.75) is 25.8 Å². The molecule has 84 valence electrons. The summed E-state index contributed by atoms with van der Waals surface area (Å²) < 4.78 is 5.93. The fourth-order valence-electron chi connectivity index (χ4n) is 1.41. The highest BCUT2D eigenvalue weighted by Gasteiger charge is 2.17. The lowest BCUT2D eigenvalue weighted by atomic mass is 9.95. The van der Waals surface area contributed by atoms with Crippen molar-refractivity contribution in [1.29, 1.82) is 0 Å². The molecule has 3 nitrogen and oxygen atoms in total. The molecule has 0 aliphatic carbocycles. The first-order valence-corrected chi connectivity index (χ1v) is 5.47. The van der Waals surface area contributed by atoms with Crippen LogP contribution < -0.4 is 10.5 Å². The standard InChI is InChI=1S/C11H16BrNO2/c1-11(2,13)6-7-4-8(12)5-9(15-3)10(7)14/h4-5,14H,6,13H2,1-3H3. The number of phenols is 1. The fraction of sp³-hybridized carbons (Fsp3) is 0.455. The van der Waals surface area contributed by atoms with Gasteiger partial charge in [0.2, 0.25) is 0 Å². The maximum atomic E-state index is 9.88. The Morgan fingerprint density at radius 2 is 2.07 bits per heavy atom. The molecule has 4 heteroatoms. The molecular weight excluding hydrogens is 258 g/mol. The minimum atomic E-state index is -0.358. The SMILES string of the molecule is COc1cc(Br)cc(CC(C)(C)N)c1O. The summed E-state index contributed by atoms with van der Waals surface area (Å²) in [5, 5.41) is 9.88. The summed E-state index contributed by atoms with van der Waals surface area (Å²) in [5.74, 6) is 0.628. The maximum Gasteiger partial charge on any atom is 0.161 e. The smallest absolute Gasteiger partial charge is 0.161 e. The number of halogens is 1. The van der Waals surface area contributed by atoms with Crippen LogP contribution in [0.25, 0.3) is 0 Å². The van der Waals surface area contributed by atoms with Gasteiger partial charge in [-0.1, -0.05) is 15.9 Å². The lowest BCUT2D eigenvalue weighted by molar-refractivity contribution is 0.367. The van der Waals surface area contributed by atoms with E-state index in [9.17, 15) is 5.11 Å². The second kappa shape index (κ2) is 4.41. The average Bonchev–Trinajstić information content (AvgIpc) is 2.08. The van der Waals surface area contributed by atoms with E-state index in [0.717, 1.165) is 10.0 Å². The topological polar surface area (TPSA) is 55.5 Å². The molecule has 0 fully saturated rings. The molecule has 0 radical (unpaired) electrons. The fourth-order valence-corrected chi connectivity index (χ4v) is 1.89. The van der Waals surface area contributed by atoms with E-state index in [2.05, 4.69) is 15.9 Å². The summed E-state index contributed by atoms with van der Waals surface area (Å²) in [7, 11) is 1.53. The van der Waals surface area contributed by atoms with Crippen LogP contribution in [-0.4, -0.2) is 17.8 Å².